The van der Waals surface area contributed by atoms with Crippen molar-refractivity contribution in [3.8, 4) is 5.69 Å². The lowest BCUT2D eigenvalue weighted by atomic mass is 10.1. The molecule has 0 radical (unpaired) electrons. The van der Waals surface area contributed by atoms with Gasteiger partial charge in [0, 0.05) is 18.4 Å². The molecule has 4 aromatic rings. The van der Waals surface area contributed by atoms with Crippen molar-refractivity contribution in [3.63, 3.8) is 0 Å². The highest BCUT2D eigenvalue weighted by molar-refractivity contribution is 5.78. The first-order chi connectivity index (χ1) is 13.6. The molecule has 1 amide bonds. The number of hydrogen-bond donors (Lipinski definition) is 1. The third-order valence-corrected chi connectivity index (χ3v) is 5.43. The molecule has 29 heavy (non-hydrogen) atoms. The van der Waals surface area contributed by atoms with Crippen LogP contribution in [-0.2, 0) is 18.4 Å². The fraction of sp³-hybridized carbons (Fsp3) is 0.300. The summed E-state index contributed by atoms with van der Waals surface area (Å²) in [5.74, 6) is -0.226. The van der Waals surface area contributed by atoms with E-state index in [1.54, 1.807) is 4.40 Å². The fourth-order valence-corrected chi connectivity index (χ4v) is 3.89. The van der Waals surface area contributed by atoms with Gasteiger partial charge < -0.3 is 5.73 Å². The van der Waals surface area contributed by atoms with Gasteiger partial charge in [0.2, 0.25) is 11.7 Å². The number of primary amides is 1. The third-order valence-electron chi connectivity index (χ3n) is 5.43. The van der Waals surface area contributed by atoms with Crippen LogP contribution in [0.25, 0.3) is 22.6 Å². The Morgan fingerprint density at radius 1 is 1.10 bits per heavy atom. The minimum absolute atomic E-state index is 0.243. The highest BCUT2D eigenvalue weighted by Crippen LogP contribution is 2.26. The summed E-state index contributed by atoms with van der Waals surface area (Å²) < 4.78 is 5.84. The number of benzene rings is 1. The number of rotatable bonds is 3. The molecule has 0 saturated heterocycles. The molecule has 1 aromatic carbocycles. The molecule has 0 aliphatic carbocycles. The molecule has 150 valence electrons. The van der Waals surface area contributed by atoms with Crippen LogP contribution in [0.15, 0.2) is 27.8 Å². The summed E-state index contributed by atoms with van der Waals surface area (Å²) in [6, 6.07) is 6.12. The Morgan fingerprint density at radius 2 is 1.79 bits per heavy atom. The standard InChI is InChI=1S/C20H22N6O3/c1-10-6-7-14(11(2)8-10)25-12(3)13(4)26-16-17(22-19(25)26)23(5)20(29)24(18(16)28)9-15(21)27/h6-8H,9H2,1-5H3,(H2,21,27). The van der Waals surface area contributed by atoms with Crippen LogP contribution < -0.4 is 17.0 Å². The Labute approximate surface area is 165 Å². The number of nitrogens with zero attached hydrogens (tertiary/aromatic N) is 5. The van der Waals surface area contributed by atoms with Gasteiger partial charge in [-0.05, 0) is 39.3 Å². The zero-order chi connectivity index (χ0) is 21.2. The van der Waals surface area contributed by atoms with Crippen molar-refractivity contribution < 1.29 is 4.79 Å². The Kier molecular flexibility index (Phi) is 4.00. The van der Waals surface area contributed by atoms with Crippen molar-refractivity contribution in [1.82, 2.24) is 23.1 Å². The van der Waals surface area contributed by atoms with Crippen LogP contribution in [-0.4, -0.2) is 29.0 Å². The Morgan fingerprint density at radius 3 is 2.41 bits per heavy atom. The van der Waals surface area contributed by atoms with Crippen LogP contribution in [0.5, 0.6) is 0 Å². The second kappa shape index (κ2) is 6.20. The smallest absolute Gasteiger partial charge is 0.332 e. The first kappa shape index (κ1) is 18.7. The number of nitrogens with two attached hydrogens (primary N) is 1. The molecule has 0 aliphatic heterocycles. The molecular weight excluding hydrogens is 372 g/mol. The lowest BCUT2D eigenvalue weighted by Gasteiger charge is -2.10. The predicted molar refractivity (Wildman–Crippen MR) is 110 cm³/mol. The van der Waals surface area contributed by atoms with E-state index in [1.165, 1.54) is 11.6 Å². The van der Waals surface area contributed by atoms with E-state index in [4.69, 9.17) is 5.73 Å². The van der Waals surface area contributed by atoms with Gasteiger partial charge >= 0.3 is 5.69 Å². The molecule has 0 fully saturated rings. The second-order valence-electron chi connectivity index (χ2n) is 7.41. The van der Waals surface area contributed by atoms with Crippen molar-refractivity contribution in [2.24, 2.45) is 12.8 Å². The molecule has 9 nitrogen and oxygen atoms in total. The van der Waals surface area contributed by atoms with Crippen LogP contribution in [0.4, 0.5) is 0 Å². The maximum Gasteiger partial charge on any atom is 0.332 e. The maximum absolute atomic E-state index is 13.1. The molecule has 0 bridgehead atoms. The van der Waals surface area contributed by atoms with E-state index in [9.17, 15) is 14.4 Å². The van der Waals surface area contributed by atoms with Gasteiger partial charge in [0.05, 0.1) is 5.69 Å². The number of aryl methyl sites for hydroxylation is 4. The molecule has 3 heterocycles. The van der Waals surface area contributed by atoms with E-state index in [0.29, 0.717) is 5.78 Å². The summed E-state index contributed by atoms with van der Waals surface area (Å²) >= 11 is 0. The Balaban J connectivity index is 2.20. The van der Waals surface area contributed by atoms with Crippen molar-refractivity contribution >= 4 is 22.8 Å². The van der Waals surface area contributed by atoms with Crippen molar-refractivity contribution in [2.75, 3.05) is 0 Å². The summed E-state index contributed by atoms with van der Waals surface area (Å²) in [4.78, 5) is 41.7. The van der Waals surface area contributed by atoms with Gasteiger partial charge in [-0.25, -0.2) is 9.36 Å². The predicted octanol–water partition coefficient (Wildman–Crippen LogP) is 0.858. The first-order valence-corrected chi connectivity index (χ1v) is 9.19. The average Bonchev–Trinajstić information content (AvgIpc) is 3.14. The minimum atomic E-state index is -0.759. The summed E-state index contributed by atoms with van der Waals surface area (Å²) in [5.41, 5.74) is 9.43. The monoisotopic (exact) mass is 394 g/mol. The summed E-state index contributed by atoms with van der Waals surface area (Å²) in [7, 11) is 1.53. The quantitative estimate of drug-likeness (QED) is 0.556. The molecular formula is C20H22N6O3. The molecule has 9 heteroatoms. The molecule has 0 atom stereocenters. The number of carbonyl (C=O) groups excluding carboxylic acids is 1. The van der Waals surface area contributed by atoms with E-state index < -0.39 is 23.7 Å². The van der Waals surface area contributed by atoms with E-state index in [2.05, 4.69) is 11.1 Å². The lowest BCUT2D eigenvalue weighted by molar-refractivity contribution is -0.118. The molecule has 4 rings (SSSR count). The van der Waals surface area contributed by atoms with Crippen molar-refractivity contribution in [2.45, 2.75) is 34.2 Å². The van der Waals surface area contributed by atoms with Crippen molar-refractivity contribution in [1.29, 1.82) is 0 Å². The minimum Gasteiger partial charge on any atom is -0.368 e. The third kappa shape index (κ3) is 2.54. The fourth-order valence-electron chi connectivity index (χ4n) is 3.89. The number of hydrogen-bond acceptors (Lipinski definition) is 4. The van der Waals surface area contributed by atoms with Crippen LogP contribution in [0.2, 0.25) is 0 Å². The first-order valence-electron chi connectivity index (χ1n) is 9.19. The Hall–Kier alpha value is -3.62. The van der Waals surface area contributed by atoms with E-state index in [1.807, 2.05) is 44.4 Å². The summed E-state index contributed by atoms with van der Waals surface area (Å²) in [5, 5.41) is 0. The van der Waals surface area contributed by atoms with Crippen molar-refractivity contribution in [3.05, 3.63) is 61.6 Å². The average molecular weight is 394 g/mol. The van der Waals surface area contributed by atoms with Gasteiger partial charge in [0.25, 0.3) is 5.56 Å². The van der Waals surface area contributed by atoms with E-state index >= 15 is 0 Å². The highest BCUT2D eigenvalue weighted by atomic mass is 16.2. The van der Waals surface area contributed by atoms with Gasteiger partial charge in [-0.15, -0.1) is 0 Å². The molecule has 0 saturated carbocycles. The molecule has 2 N–H and O–H groups in total. The van der Waals surface area contributed by atoms with Gasteiger partial charge in [-0.1, -0.05) is 17.7 Å². The number of amides is 1. The molecule has 3 aromatic heterocycles. The number of imidazole rings is 2. The van der Waals surface area contributed by atoms with Gasteiger partial charge in [-0.3, -0.25) is 23.1 Å². The number of aromatic nitrogens is 5. The van der Waals surface area contributed by atoms with E-state index in [-0.39, 0.29) is 11.2 Å². The van der Waals surface area contributed by atoms with E-state index in [0.717, 1.165) is 32.8 Å². The van der Waals surface area contributed by atoms with Crippen LogP contribution >= 0.6 is 0 Å². The Bertz CT molecular complexity index is 1450. The number of carbonyl (C=O) groups is 1. The number of fused-ring (bicyclic) bond motifs is 3. The maximum atomic E-state index is 13.1. The SMILES string of the molecule is Cc1ccc(-n2c(C)c(C)n3c4c(=O)n(CC(N)=O)c(=O)n(C)c4nc23)c(C)c1. The van der Waals surface area contributed by atoms with Gasteiger partial charge in [-0.2, -0.15) is 4.98 Å². The zero-order valence-corrected chi connectivity index (χ0v) is 17.0. The normalized spacial score (nSPS) is 11.6. The summed E-state index contributed by atoms with van der Waals surface area (Å²) in [6.45, 7) is 7.42. The van der Waals surface area contributed by atoms with Crippen LogP contribution in [0.3, 0.4) is 0 Å². The largest absolute Gasteiger partial charge is 0.368 e. The second-order valence-corrected chi connectivity index (χ2v) is 7.41. The van der Waals surface area contributed by atoms with Gasteiger partial charge in [0.15, 0.2) is 11.2 Å². The van der Waals surface area contributed by atoms with Crippen LogP contribution in [0.1, 0.15) is 22.5 Å². The lowest BCUT2D eigenvalue weighted by Crippen LogP contribution is -2.42. The van der Waals surface area contributed by atoms with Gasteiger partial charge in [0.1, 0.15) is 6.54 Å². The molecule has 0 unspecified atom stereocenters. The molecule has 0 aliphatic rings. The molecule has 0 spiro atoms. The van der Waals surface area contributed by atoms with Crippen LogP contribution in [0, 0.1) is 27.7 Å². The highest BCUT2D eigenvalue weighted by Gasteiger charge is 2.24. The topological polar surface area (TPSA) is 109 Å². The summed E-state index contributed by atoms with van der Waals surface area (Å²) in [6.07, 6.45) is 0. The zero-order valence-electron chi connectivity index (χ0n) is 17.0.